The largest absolute Gasteiger partial charge is 0.418 e. The molecule has 0 atom stereocenters. The van der Waals surface area contributed by atoms with Crippen LogP contribution in [0.2, 0.25) is 0 Å². The van der Waals surface area contributed by atoms with Crippen molar-refractivity contribution < 1.29 is 14.3 Å². The molecule has 0 heterocycles. The van der Waals surface area contributed by atoms with Crippen LogP contribution in [0, 0.1) is 23.7 Å². The van der Waals surface area contributed by atoms with Crippen molar-refractivity contribution in [3.05, 3.63) is 11.8 Å². The van der Waals surface area contributed by atoms with E-state index in [4.69, 9.17) is 4.74 Å². The highest BCUT2D eigenvalue weighted by molar-refractivity contribution is 5.68. The molecule has 0 rings (SSSR count). The summed E-state index contributed by atoms with van der Waals surface area (Å²) in [5, 5.41) is 0. The van der Waals surface area contributed by atoms with E-state index in [1.165, 1.54) is 77.6 Å². The Labute approximate surface area is 172 Å². The first kappa shape index (κ1) is 26.0. The molecule has 0 radical (unpaired) electrons. The highest BCUT2D eigenvalue weighted by atomic mass is 16.5. The van der Waals surface area contributed by atoms with Gasteiger partial charge in [-0.25, -0.2) is 0 Å². The predicted molar refractivity (Wildman–Crippen MR) is 116 cm³/mol. The number of aldehydes is 1. The van der Waals surface area contributed by atoms with Gasteiger partial charge in [-0.15, -0.1) is 0 Å². The molecule has 0 bridgehead atoms. The van der Waals surface area contributed by atoms with Crippen LogP contribution >= 0.6 is 0 Å². The van der Waals surface area contributed by atoms with E-state index in [0.29, 0.717) is 18.6 Å². The third-order valence-electron chi connectivity index (χ3n) is 4.36. The molecule has 0 fully saturated rings. The van der Waals surface area contributed by atoms with Crippen LogP contribution < -0.4 is 0 Å². The molecule has 0 unspecified atom stereocenters. The molecule has 0 N–H and O–H groups in total. The van der Waals surface area contributed by atoms with E-state index in [-0.39, 0.29) is 5.97 Å². The Balaban J connectivity index is 3.85. The lowest BCUT2D eigenvalue weighted by atomic mass is 10.0. The number of allylic oxidation sites excluding steroid dienone is 2. The number of carbonyl (C=O) groups excluding carboxylic acids is 2. The molecule has 0 aliphatic heterocycles. The number of hydrogen-bond donors (Lipinski definition) is 0. The Hall–Kier alpha value is -2.00. The van der Waals surface area contributed by atoms with Crippen LogP contribution in [-0.4, -0.2) is 12.3 Å². The predicted octanol–water partition coefficient (Wildman–Crippen LogP) is 6.51. The van der Waals surface area contributed by atoms with Crippen molar-refractivity contribution in [3.8, 4) is 23.7 Å². The van der Waals surface area contributed by atoms with Crippen LogP contribution in [0.25, 0.3) is 0 Å². The molecule has 0 aliphatic carbocycles. The number of unbranched alkanes of at least 4 members (excludes halogenated alkanes) is 13. The highest BCUT2D eigenvalue weighted by Gasteiger charge is 1.98. The van der Waals surface area contributed by atoms with Gasteiger partial charge in [-0.3, -0.25) is 4.79 Å². The van der Waals surface area contributed by atoms with E-state index in [1.807, 2.05) is 6.08 Å². The zero-order chi connectivity index (χ0) is 20.7. The Morgan fingerprint density at radius 1 is 0.821 bits per heavy atom. The molecule has 0 aliphatic rings. The number of esters is 1. The van der Waals surface area contributed by atoms with E-state index in [2.05, 4.69) is 30.6 Å². The summed E-state index contributed by atoms with van der Waals surface area (Å²) in [5.74, 6) is 10.9. The monoisotopic (exact) mass is 386 g/mol. The van der Waals surface area contributed by atoms with Crippen molar-refractivity contribution in [2.45, 2.75) is 110 Å². The Morgan fingerprint density at radius 2 is 1.39 bits per heavy atom. The minimum absolute atomic E-state index is 0.371. The highest BCUT2D eigenvalue weighted by Crippen LogP contribution is 2.13. The Morgan fingerprint density at radius 3 is 1.93 bits per heavy atom. The molecule has 0 saturated heterocycles. The first-order chi connectivity index (χ1) is 13.7. The van der Waals surface area contributed by atoms with Gasteiger partial charge >= 0.3 is 5.97 Å². The lowest BCUT2D eigenvalue weighted by molar-refractivity contribution is -0.136. The number of carbonyl (C=O) groups is 2. The molecule has 156 valence electrons. The van der Waals surface area contributed by atoms with Gasteiger partial charge in [0, 0.05) is 19.8 Å². The van der Waals surface area contributed by atoms with Gasteiger partial charge in [0.1, 0.15) is 6.29 Å². The fraction of sp³-hybridized carbons (Fsp3) is 0.680. The number of ether oxygens (including phenoxy) is 1. The standard InChI is InChI=1S/C25H38O3/c1-3-4-5-6-7-8-9-10-11-12-13-15-18-21-25(28-24(2)27)22-19-16-14-17-20-23-26/h21,23H,3-13,15,17-18,20H2,1-2H3/b25-21+. The zero-order valence-electron chi connectivity index (χ0n) is 18.0. The van der Waals surface area contributed by atoms with Crippen LogP contribution in [0.4, 0.5) is 0 Å². The van der Waals surface area contributed by atoms with Gasteiger partial charge < -0.3 is 9.53 Å². The number of hydrogen-bond acceptors (Lipinski definition) is 3. The van der Waals surface area contributed by atoms with Crippen molar-refractivity contribution in [2.24, 2.45) is 0 Å². The van der Waals surface area contributed by atoms with E-state index in [9.17, 15) is 9.59 Å². The van der Waals surface area contributed by atoms with Gasteiger partial charge in [0.15, 0.2) is 5.76 Å². The minimum Gasteiger partial charge on any atom is -0.418 e. The Bertz CT molecular complexity index is 552. The van der Waals surface area contributed by atoms with E-state index >= 15 is 0 Å². The second kappa shape index (κ2) is 21.3. The molecule has 0 aromatic carbocycles. The van der Waals surface area contributed by atoms with Gasteiger partial charge in [0.25, 0.3) is 0 Å². The molecule has 28 heavy (non-hydrogen) atoms. The van der Waals surface area contributed by atoms with Gasteiger partial charge in [0.05, 0.1) is 0 Å². The normalized spacial score (nSPS) is 10.4. The third-order valence-corrected chi connectivity index (χ3v) is 4.36. The molecule has 0 saturated carbocycles. The molecular weight excluding hydrogens is 348 g/mol. The minimum atomic E-state index is -0.371. The topological polar surface area (TPSA) is 43.4 Å². The summed E-state index contributed by atoms with van der Waals surface area (Å²) in [4.78, 5) is 21.4. The summed E-state index contributed by atoms with van der Waals surface area (Å²) in [6.07, 6.45) is 20.3. The maximum Gasteiger partial charge on any atom is 0.308 e. The van der Waals surface area contributed by atoms with Crippen LogP contribution in [0.15, 0.2) is 11.8 Å². The summed E-state index contributed by atoms with van der Waals surface area (Å²) in [6, 6.07) is 0. The molecule has 0 amide bonds. The molecular formula is C25H38O3. The zero-order valence-corrected chi connectivity index (χ0v) is 18.0. The van der Waals surface area contributed by atoms with Gasteiger partial charge in [0.2, 0.25) is 0 Å². The average molecular weight is 387 g/mol. The van der Waals surface area contributed by atoms with Crippen LogP contribution in [0.1, 0.15) is 110 Å². The SMILES string of the molecule is CCCCCCCCCCCCCC/C=C(\C#CC#CCCC=O)OC(C)=O. The smallest absolute Gasteiger partial charge is 0.308 e. The maximum absolute atomic E-state index is 11.2. The summed E-state index contributed by atoms with van der Waals surface area (Å²) < 4.78 is 5.11. The fourth-order valence-electron chi connectivity index (χ4n) is 2.82. The second-order valence-electron chi connectivity index (χ2n) is 7.10. The second-order valence-corrected chi connectivity index (χ2v) is 7.10. The molecule has 0 spiro atoms. The van der Waals surface area contributed by atoms with E-state index < -0.39 is 0 Å². The average Bonchev–Trinajstić information content (AvgIpc) is 2.67. The summed E-state index contributed by atoms with van der Waals surface area (Å²) in [7, 11) is 0. The van der Waals surface area contributed by atoms with E-state index in [1.54, 1.807) is 0 Å². The molecule has 3 heteroatoms. The van der Waals surface area contributed by atoms with Gasteiger partial charge in [-0.2, -0.15) is 0 Å². The van der Waals surface area contributed by atoms with Crippen LogP contribution in [0.5, 0.6) is 0 Å². The molecule has 0 aromatic heterocycles. The lowest BCUT2D eigenvalue weighted by Crippen LogP contribution is -1.97. The fourth-order valence-corrected chi connectivity index (χ4v) is 2.82. The van der Waals surface area contributed by atoms with Crippen molar-refractivity contribution in [1.29, 1.82) is 0 Å². The van der Waals surface area contributed by atoms with Crippen LogP contribution in [0.3, 0.4) is 0 Å². The molecule has 3 nitrogen and oxygen atoms in total. The van der Waals surface area contributed by atoms with Crippen molar-refractivity contribution in [2.75, 3.05) is 0 Å². The first-order valence-corrected chi connectivity index (χ1v) is 11.0. The van der Waals surface area contributed by atoms with Crippen LogP contribution in [-0.2, 0) is 14.3 Å². The number of rotatable bonds is 16. The Kier molecular flexibility index (Phi) is 19.8. The summed E-state index contributed by atoms with van der Waals surface area (Å²) in [5.41, 5.74) is 0. The first-order valence-electron chi connectivity index (χ1n) is 11.0. The van der Waals surface area contributed by atoms with Crippen molar-refractivity contribution >= 4 is 12.3 Å². The maximum atomic E-state index is 11.2. The summed E-state index contributed by atoms with van der Waals surface area (Å²) >= 11 is 0. The van der Waals surface area contributed by atoms with Gasteiger partial charge in [-0.05, 0) is 36.7 Å². The quantitative estimate of drug-likeness (QED) is 0.0998. The lowest BCUT2D eigenvalue weighted by Gasteiger charge is -2.02. The molecule has 0 aromatic rings. The van der Waals surface area contributed by atoms with E-state index in [0.717, 1.165) is 19.1 Å². The third kappa shape index (κ3) is 20.3. The summed E-state index contributed by atoms with van der Waals surface area (Å²) in [6.45, 7) is 3.63. The van der Waals surface area contributed by atoms with Gasteiger partial charge in [-0.1, -0.05) is 83.5 Å². The van der Waals surface area contributed by atoms with Crippen molar-refractivity contribution in [1.82, 2.24) is 0 Å². The van der Waals surface area contributed by atoms with Crippen molar-refractivity contribution in [3.63, 3.8) is 0 Å².